The number of fused-ring (bicyclic) bond motifs is 1. The quantitative estimate of drug-likeness (QED) is 0.903. The minimum Gasteiger partial charge on any atom is -0.386 e. The van der Waals surface area contributed by atoms with E-state index in [-0.39, 0.29) is 11.8 Å². The highest BCUT2D eigenvalue weighted by Gasteiger charge is 2.45. The molecule has 0 spiro atoms. The summed E-state index contributed by atoms with van der Waals surface area (Å²) >= 11 is 3.45. The number of aliphatic hydroxyl groups is 1. The minimum absolute atomic E-state index is 0.00913. The molecule has 1 N–H and O–H groups in total. The second-order valence-corrected chi connectivity index (χ2v) is 7.04. The first-order valence-electron chi connectivity index (χ1n) is 7.10. The third kappa shape index (κ3) is 2.58. The van der Waals surface area contributed by atoms with Crippen molar-refractivity contribution >= 4 is 32.6 Å². The molecule has 0 radical (unpaired) electrons. The molecule has 1 amide bonds. The van der Waals surface area contributed by atoms with Gasteiger partial charge in [-0.3, -0.25) is 4.79 Å². The number of hydrogen-bond acceptors (Lipinski definition) is 2. The van der Waals surface area contributed by atoms with E-state index in [1.165, 1.54) is 0 Å². The van der Waals surface area contributed by atoms with E-state index in [9.17, 15) is 9.90 Å². The molecule has 3 rings (SSSR count). The van der Waals surface area contributed by atoms with Gasteiger partial charge in [-0.15, -0.1) is 0 Å². The average Bonchev–Trinajstić information content (AvgIpc) is 2.42. The summed E-state index contributed by atoms with van der Waals surface area (Å²) in [5, 5.41) is 12.4. The Kier molecular flexibility index (Phi) is 3.54. The largest absolute Gasteiger partial charge is 0.386 e. The van der Waals surface area contributed by atoms with E-state index in [1.807, 2.05) is 50.2 Å². The normalized spacial score (nSPS) is 17.1. The van der Waals surface area contributed by atoms with E-state index in [0.29, 0.717) is 18.7 Å². The maximum absolute atomic E-state index is 12.5. The van der Waals surface area contributed by atoms with Crippen LogP contribution in [-0.2, 0) is 0 Å². The lowest BCUT2D eigenvalue weighted by molar-refractivity contribution is -0.110. The smallest absolute Gasteiger partial charge is 0.254 e. The van der Waals surface area contributed by atoms with Gasteiger partial charge in [0.25, 0.3) is 5.91 Å². The zero-order chi connectivity index (χ0) is 15.2. The van der Waals surface area contributed by atoms with Crippen LogP contribution >= 0.6 is 15.9 Å². The summed E-state index contributed by atoms with van der Waals surface area (Å²) in [6.45, 7) is 4.80. The molecule has 110 valence electrons. The van der Waals surface area contributed by atoms with E-state index in [1.54, 1.807) is 4.90 Å². The molecule has 0 aromatic heterocycles. The standard InChI is InChI=1S/C17H18BrNO2/c1-11(2)17(21)9-19(10-17)16(20)14-4-3-13-8-15(18)6-5-12(13)7-14/h3-8,11,21H,9-10H2,1-2H3. The molecule has 0 unspecified atom stereocenters. The predicted octanol–water partition coefficient (Wildman–Crippen LogP) is 3.45. The van der Waals surface area contributed by atoms with Crippen LogP contribution in [0.15, 0.2) is 40.9 Å². The fraction of sp³-hybridized carbons (Fsp3) is 0.353. The number of halogens is 1. The fourth-order valence-electron chi connectivity index (χ4n) is 2.66. The van der Waals surface area contributed by atoms with Gasteiger partial charge < -0.3 is 10.0 Å². The first kappa shape index (κ1) is 14.5. The van der Waals surface area contributed by atoms with Crippen LogP contribution in [0.5, 0.6) is 0 Å². The Labute approximate surface area is 132 Å². The summed E-state index contributed by atoms with van der Waals surface area (Å²) in [7, 11) is 0. The van der Waals surface area contributed by atoms with E-state index < -0.39 is 5.60 Å². The number of amides is 1. The Hall–Kier alpha value is -1.39. The zero-order valence-electron chi connectivity index (χ0n) is 12.1. The highest BCUT2D eigenvalue weighted by molar-refractivity contribution is 9.10. The highest BCUT2D eigenvalue weighted by Crippen LogP contribution is 2.30. The van der Waals surface area contributed by atoms with Crippen molar-refractivity contribution in [1.82, 2.24) is 4.90 Å². The molecule has 0 saturated carbocycles. The molecular formula is C17H18BrNO2. The van der Waals surface area contributed by atoms with Gasteiger partial charge in [0.2, 0.25) is 0 Å². The van der Waals surface area contributed by atoms with Crippen molar-refractivity contribution in [2.24, 2.45) is 5.92 Å². The number of benzene rings is 2. The van der Waals surface area contributed by atoms with Gasteiger partial charge >= 0.3 is 0 Å². The molecule has 2 aromatic carbocycles. The van der Waals surface area contributed by atoms with E-state index in [0.717, 1.165) is 15.2 Å². The average molecular weight is 348 g/mol. The molecule has 2 aromatic rings. The summed E-state index contributed by atoms with van der Waals surface area (Å²) in [4.78, 5) is 14.2. The van der Waals surface area contributed by atoms with Gasteiger partial charge in [-0.2, -0.15) is 0 Å². The Balaban J connectivity index is 1.82. The topological polar surface area (TPSA) is 40.5 Å². The van der Waals surface area contributed by atoms with Crippen LogP contribution in [0, 0.1) is 5.92 Å². The number of likely N-dealkylation sites (tertiary alicyclic amines) is 1. The van der Waals surface area contributed by atoms with Gasteiger partial charge in [-0.25, -0.2) is 0 Å². The molecule has 0 atom stereocenters. The highest BCUT2D eigenvalue weighted by atomic mass is 79.9. The second kappa shape index (κ2) is 5.11. The summed E-state index contributed by atoms with van der Waals surface area (Å²) in [6, 6.07) is 11.7. The van der Waals surface area contributed by atoms with Crippen molar-refractivity contribution in [3.63, 3.8) is 0 Å². The number of carbonyl (C=O) groups excluding carboxylic acids is 1. The Morgan fingerprint density at radius 2 is 1.81 bits per heavy atom. The van der Waals surface area contributed by atoms with Gasteiger partial charge in [-0.1, -0.05) is 41.9 Å². The van der Waals surface area contributed by atoms with Crippen LogP contribution in [0.1, 0.15) is 24.2 Å². The molecule has 1 aliphatic rings. The third-order valence-electron chi connectivity index (χ3n) is 4.34. The van der Waals surface area contributed by atoms with Crippen LogP contribution in [0.3, 0.4) is 0 Å². The van der Waals surface area contributed by atoms with Gasteiger partial charge in [0, 0.05) is 10.0 Å². The Bertz CT molecular complexity index is 705. The second-order valence-electron chi connectivity index (χ2n) is 6.13. The molecular weight excluding hydrogens is 330 g/mol. The van der Waals surface area contributed by atoms with Crippen molar-refractivity contribution < 1.29 is 9.90 Å². The molecule has 4 heteroatoms. The minimum atomic E-state index is -0.725. The van der Waals surface area contributed by atoms with Crippen molar-refractivity contribution in [1.29, 1.82) is 0 Å². The van der Waals surface area contributed by atoms with Crippen LogP contribution in [0.4, 0.5) is 0 Å². The van der Waals surface area contributed by atoms with Gasteiger partial charge in [0.1, 0.15) is 5.60 Å². The first-order valence-corrected chi connectivity index (χ1v) is 7.89. The zero-order valence-corrected chi connectivity index (χ0v) is 13.7. The lowest BCUT2D eigenvalue weighted by atomic mass is 9.82. The third-order valence-corrected chi connectivity index (χ3v) is 4.83. The number of β-amino-alcohol motifs (C(OH)–C–C–N with tert-alkyl or cyclic N) is 1. The Morgan fingerprint density at radius 1 is 1.19 bits per heavy atom. The number of carbonyl (C=O) groups is 1. The van der Waals surface area contributed by atoms with Crippen molar-refractivity contribution in [3.8, 4) is 0 Å². The van der Waals surface area contributed by atoms with Gasteiger partial charge in [0.05, 0.1) is 13.1 Å². The summed E-state index contributed by atoms with van der Waals surface area (Å²) in [6.07, 6.45) is 0. The Morgan fingerprint density at radius 3 is 2.48 bits per heavy atom. The van der Waals surface area contributed by atoms with E-state index >= 15 is 0 Å². The molecule has 21 heavy (non-hydrogen) atoms. The molecule has 1 fully saturated rings. The maximum atomic E-state index is 12.5. The number of rotatable bonds is 2. The molecule has 0 aliphatic carbocycles. The van der Waals surface area contributed by atoms with Gasteiger partial charge in [0.15, 0.2) is 0 Å². The van der Waals surface area contributed by atoms with E-state index in [4.69, 9.17) is 0 Å². The van der Waals surface area contributed by atoms with E-state index in [2.05, 4.69) is 15.9 Å². The summed E-state index contributed by atoms with van der Waals surface area (Å²) < 4.78 is 1.03. The monoisotopic (exact) mass is 347 g/mol. The number of nitrogens with zero attached hydrogens (tertiary/aromatic N) is 1. The van der Waals surface area contributed by atoms with Crippen molar-refractivity contribution in [2.75, 3.05) is 13.1 Å². The first-order chi connectivity index (χ1) is 9.89. The molecule has 1 saturated heterocycles. The maximum Gasteiger partial charge on any atom is 0.254 e. The van der Waals surface area contributed by atoms with Crippen LogP contribution in [0.2, 0.25) is 0 Å². The molecule has 3 nitrogen and oxygen atoms in total. The van der Waals surface area contributed by atoms with Crippen molar-refractivity contribution in [2.45, 2.75) is 19.4 Å². The molecule has 0 bridgehead atoms. The van der Waals surface area contributed by atoms with Crippen LogP contribution in [-0.4, -0.2) is 34.6 Å². The fourth-order valence-corrected chi connectivity index (χ4v) is 3.03. The number of hydrogen-bond donors (Lipinski definition) is 1. The lowest BCUT2D eigenvalue weighted by Gasteiger charge is -2.49. The lowest BCUT2D eigenvalue weighted by Crippen LogP contribution is -2.65. The summed E-state index contributed by atoms with van der Waals surface area (Å²) in [5.41, 5.74) is -0.0483. The molecule has 1 heterocycles. The van der Waals surface area contributed by atoms with Crippen LogP contribution < -0.4 is 0 Å². The predicted molar refractivity (Wildman–Crippen MR) is 87.3 cm³/mol. The van der Waals surface area contributed by atoms with Crippen molar-refractivity contribution in [3.05, 3.63) is 46.4 Å². The molecule has 1 aliphatic heterocycles. The SMILES string of the molecule is CC(C)C1(O)CN(C(=O)c2ccc3cc(Br)ccc3c2)C1. The van der Waals surface area contributed by atoms with Crippen LogP contribution in [0.25, 0.3) is 10.8 Å². The summed E-state index contributed by atoms with van der Waals surface area (Å²) in [5.74, 6) is 0.153. The van der Waals surface area contributed by atoms with Gasteiger partial charge in [-0.05, 0) is 41.0 Å².